The third-order valence-corrected chi connectivity index (χ3v) is 5.02. The fourth-order valence-electron chi connectivity index (χ4n) is 3.88. The smallest absolute Gasteiger partial charge is 0.0475 e. The second-order valence-corrected chi connectivity index (χ2v) is 6.41. The van der Waals surface area contributed by atoms with Gasteiger partial charge in [-0.15, -0.1) is 0 Å². The van der Waals surface area contributed by atoms with Crippen molar-refractivity contribution in [3.8, 4) is 0 Å². The van der Waals surface area contributed by atoms with Gasteiger partial charge in [0.2, 0.25) is 0 Å². The number of unbranched alkanes of at least 4 members (excludes halogenated alkanes) is 1. The molecule has 0 bridgehead atoms. The fourth-order valence-corrected chi connectivity index (χ4v) is 3.88. The second-order valence-electron chi connectivity index (χ2n) is 6.41. The van der Waals surface area contributed by atoms with Crippen LogP contribution < -0.4 is 0 Å². The van der Waals surface area contributed by atoms with E-state index in [2.05, 4.69) is 40.1 Å². The van der Waals surface area contributed by atoms with Gasteiger partial charge in [-0.3, -0.25) is 9.80 Å². The van der Waals surface area contributed by atoms with Gasteiger partial charge in [-0.2, -0.15) is 0 Å². The molecule has 3 heteroatoms. The van der Waals surface area contributed by atoms with Gasteiger partial charge in [-0.05, 0) is 44.3 Å². The van der Waals surface area contributed by atoms with Crippen LogP contribution in [-0.4, -0.2) is 55.7 Å². The molecule has 2 heterocycles. The Morgan fingerprint density at radius 3 is 2.81 bits per heavy atom. The molecule has 0 N–H and O–H groups in total. The highest BCUT2D eigenvalue weighted by Crippen LogP contribution is 2.32. The molecule has 21 heavy (non-hydrogen) atoms. The molecule has 2 aliphatic rings. The first kappa shape index (κ1) is 15.0. The van der Waals surface area contributed by atoms with Crippen LogP contribution >= 0.6 is 0 Å². The van der Waals surface area contributed by atoms with Gasteiger partial charge >= 0.3 is 0 Å². The summed E-state index contributed by atoms with van der Waals surface area (Å²) in [5.74, 6) is 0. The zero-order valence-corrected chi connectivity index (χ0v) is 13.2. The van der Waals surface area contributed by atoms with Crippen molar-refractivity contribution < 1.29 is 4.74 Å². The number of ether oxygens (including phenoxy) is 1. The van der Waals surface area contributed by atoms with Gasteiger partial charge < -0.3 is 4.74 Å². The summed E-state index contributed by atoms with van der Waals surface area (Å²) in [6.45, 7) is 5.84. The minimum absolute atomic E-state index is 0.572. The van der Waals surface area contributed by atoms with Crippen LogP contribution in [-0.2, 0) is 4.74 Å². The van der Waals surface area contributed by atoms with E-state index in [0.717, 1.165) is 12.6 Å². The molecule has 2 aliphatic heterocycles. The quantitative estimate of drug-likeness (QED) is 0.749. The first-order chi connectivity index (χ1) is 10.4. The van der Waals surface area contributed by atoms with Gasteiger partial charge in [0.1, 0.15) is 0 Å². The van der Waals surface area contributed by atoms with E-state index < -0.39 is 0 Å². The summed E-state index contributed by atoms with van der Waals surface area (Å²) in [7, 11) is 1.80. The van der Waals surface area contributed by atoms with E-state index in [1.807, 2.05) is 0 Å². The number of rotatable bonds is 6. The Morgan fingerprint density at radius 2 is 2.00 bits per heavy atom. The monoisotopic (exact) mass is 288 g/mol. The number of hydrogen-bond donors (Lipinski definition) is 0. The van der Waals surface area contributed by atoms with Gasteiger partial charge in [-0.1, -0.05) is 30.3 Å². The lowest BCUT2D eigenvalue weighted by atomic mass is 9.99. The van der Waals surface area contributed by atoms with Crippen LogP contribution in [0.15, 0.2) is 30.3 Å². The molecule has 0 radical (unpaired) electrons. The maximum Gasteiger partial charge on any atom is 0.0475 e. The predicted molar refractivity (Wildman–Crippen MR) is 86.5 cm³/mol. The van der Waals surface area contributed by atoms with Crippen LogP contribution in [0.3, 0.4) is 0 Å². The number of benzene rings is 1. The fraction of sp³-hybridized carbons (Fsp3) is 0.667. The van der Waals surface area contributed by atoms with E-state index in [0.29, 0.717) is 6.04 Å². The molecule has 0 aromatic heterocycles. The highest BCUT2D eigenvalue weighted by molar-refractivity contribution is 5.20. The molecule has 2 unspecified atom stereocenters. The lowest BCUT2D eigenvalue weighted by Crippen LogP contribution is -2.51. The molecule has 2 fully saturated rings. The average molecular weight is 288 g/mol. The second kappa shape index (κ2) is 7.39. The van der Waals surface area contributed by atoms with Crippen LogP contribution in [0.4, 0.5) is 0 Å². The normalized spacial score (nSPS) is 26.9. The van der Waals surface area contributed by atoms with Gasteiger partial charge in [0, 0.05) is 38.9 Å². The summed E-state index contributed by atoms with van der Waals surface area (Å²) in [6.07, 6.45) is 5.17. The standard InChI is InChI=1S/C18H28N2O/c1-21-13-6-5-11-20-14-17-10-7-12-19(17)15-18(20)16-8-3-2-4-9-16/h2-4,8-9,17-18H,5-7,10-15H2,1H3. The van der Waals surface area contributed by atoms with Crippen molar-refractivity contribution in [3.63, 3.8) is 0 Å². The molecule has 3 nitrogen and oxygen atoms in total. The Kier molecular flexibility index (Phi) is 5.28. The Labute approximate surface area is 128 Å². The number of fused-ring (bicyclic) bond motifs is 1. The highest BCUT2D eigenvalue weighted by Gasteiger charge is 2.36. The summed E-state index contributed by atoms with van der Waals surface area (Å²) in [4.78, 5) is 5.43. The number of hydrogen-bond acceptors (Lipinski definition) is 3. The van der Waals surface area contributed by atoms with Crippen molar-refractivity contribution in [1.29, 1.82) is 0 Å². The van der Waals surface area contributed by atoms with Crippen LogP contribution in [0.2, 0.25) is 0 Å². The average Bonchev–Trinajstić information content (AvgIpc) is 2.99. The van der Waals surface area contributed by atoms with Crippen molar-refractivity contribution in [1.82, 2.24) is 9.80 Å². The molecule has 0 amide bonds. The maximum absolute atomic E-state index is 5.19. The van der Waals surface area contributed by atoms with Crippen molar-refractivity contribution in [3.05, 3.63) is 35.9 Å². The predicted octanol–water partition coefficient (Wildman–Crippen LogP) is 2.93. The van der Waals surface area contributed by atoms with E-state index in [9.17, 15) is 0 Å². The molecule has 0 saturated carbocycles. The van der Waals surface area contributed by atoms with Crippen LogP contribution in [0, 0.1) is 0 Å². The third-order valence-electron chi connectivity index (χ3n) is 5.02. The lowest BCUT2D eigenvalue weighted by Gasteiger charge is -2.44. The summed E-state index contributed by atoms with van der Waals surface area (Å²) in [5.41, 5.74) is 1.48. The molecule has 0 spiro atoms. The number of methoxy groups -OCH3 is 1. The number of piperazine rings is 1. The maximum atomic E-state index is 5.19. The first-order valence-electron chi connectivity index (χ1n) is 8.40. The van der Waals surface area contributed by atoms with Gasteiger partial charge in [-0.25, -0.2) is 0 Å². The van der Waals surface area contributed by atoms with Crippen molar-refractivity contribution >= 4 is 0 Å². The minimum Gasteiger partial charge on any atom is -0.385 e. The summed E-state index contributed by atoms with van der Waals surface area (Å²) in [6, 6.07) is 12.4. The summed E-state index contributed by atoms with van der Waals surface area (Å²) >= 11 is 0. The van der Waals surface area contributed by atoms with E-state index in [-0.39, 0.29) is 0 Å². The summed E-state index contributed by atoms with van der Waals surface area (Å²) in [5, 5.41) is 0. The molecule has 2 saturated heterocycles. The topological polar surface area (TPSA) is 15.7 Å². The molecule has 0 aliphatic carbocycles. The minimum atomic E-state index is 0.572. The van der Waals surface area contributed by atoms with E-state index in [1.54, 1.807) is 7.11 Å². The van der Waals surface area contributed by atoms with Crippen molar-refractivity contribution in [2.45, 2.75) is 37.8 Å². The number of nitrogens with zero attached hydrogens (tertiary/aromatic N) is 2. The SMILES string of the molecule is COCCCCN1CC2CCCN2CC1c1ccccc1. The third kappa shape index (κ3) is 3.65. The molecule has 116 valence electrons. The highest BCUT2D eigenvalue weighted by atomic mass is 16.5. The zero-order chi connectivity index (χ0) is 14.5. The largest absolute Gasteiger partial charge is 0.385 e. The molecule has 2 atom stereocenters. The van der Waals surface area contributed by atoms with Gasteiger partial charge in [0.15, 0.2) is 0 Å². The Morgan fingerprint density at radius 1 is 1.14 bits per heavy atom. The van der Waals surface area contributed by atoms with Crippen LogP contribution in [0.1, 0.15) is 37.3 Å². The Bertz CT molecular complexity index is 422. The first-order valence-corrected chi connectivity index (χ1v) is 8.40. The zero-order valence-electron chi connectivity index (χ0n) is 13.2. The Hall–Kier alpha value is -0.900. The van der Waals surface area contributed by atoms with E-state index in [4.69, 9.17) is 4.74 Å². The van der Waals surface area contributed by atoms with Crippen LogP contribution in [0.25, 0.3) is 0 Å². The van der Waals surface area contributed by atoms with Gasteiger partial charge in [0.05, 0.1) is 0 Å². The van der Waals surface area contributed by atoms with Crippen molar-refractivity contribution in [2.24, 2.45) is 0 Å². The molecular formula is C18H28N2O. The summed E-state index contributed by atoms with van der Waals surface area (Å²) < 4.78 is 5.19. The van der Waals surface area contributed by atoms with Gasteiger partial charge in [0.25, 0.3) is 0 Å². The van der Waals surface area contributed by atoms with E-state index >= 15 is 0 Å². The molecule has 1 aromatic rings. The van der Waals surface area contributed by atoms with E-state index in [1.165, 1.54) is 57.4 Å². The molecule has 3 rings (SSSR count). The van der Waals surface area contributed by atoms with Crippen LogP contribution in [0.5, 0.6) is 0 Å². The lowest BCUT2D eigenvalue weighted by molar-refractivity contribution is 0.0477. The molecule has 1 aromatic carbocycles. The van der Waals surface area contributed by atoms with Crippen molar-refractivity contribution in [2.75, 3.05) is 39.9 Å². The Balaban J connectivity index is 1.67. The molecular weight excluding hydrogens is 260 g/mol.